The van der Waals surface area contributed by atoms with Gasteiger partial charge in [-0.25, -0.2) is 0 Å². The first-order valence-electron chi connectivity index (χ1n) is 6.10. The summed E-state index contributed by atoms with van der Waals surface area (Å²) in [6.45, 7) is 6.63. The number of hydrogen-bond donors (Lipinski definition) is 2. The summed E-state index contributed by atoms with van der Waals surface area (Å²) in [4.78, 5) is 23.1. The quantitative estimate of drug-likeness (QED) is 0.829. The Morgan fingerprint density at radius 2 is 1.72 bits per heavy atom. The molecule has 1 aromatic rings. The topological polar surface area (TPSA) is 58.2 Å². The van der Waals surface area contributed by atoms with Gasteiger partial charge in [-0.2, -0.15) is 0 Å². The van der Waals surface area contributed by atoms with Crippen molar-refractivity contribution < 1.29 is 9.59 Å². The predicted octanol–water partition coefficient (Wildman–Crippen LogP) is 1.50. The van der Waals surface area contributed by atoms with E-state index >= 15 is 0 Å². The Bertz CT molecular complexity index is 410. The molecule has 0 aliphatic rings. The van der Waals surface area contributed by atoms with Crippen LogP contribution in [0.2, 0.25) is 0 Å². The van der Waals surface area contributed by atoms with Crippen molar-refractivity contribution >= 4 is 11.8 Å². The Labute approximate surface area is 108 Å². The van der Waals surface area contributed by atoms with Gasteiger partial charge >= 0.3 is 0 Å². The van der Waals surface area contributed by atoms with Crippen LogP contribution in [0.4, 0.5) is 0 Å². The smallest absolute Gasteiger partial charge is 0.251 e. The summed E-state index contributed by atoms with van der Waals surface area (Å²) in [6.07, 6.45) is 0. The zero-order valence-electron chi connectivity index (χ0n) is 11.1. The molecule has 4 nitrogen and oxygen atoms in total. The predicted molar refractivity (Wildman–Crippen MR) is 71.4 cm³/mol. The third-order valence-corrected chi connectivity index (χ3v) is 2.43. The van der Waals surface area contributed by atoms with E-state index in [9.17, 15) is 9.59 Å². The Hall–Kier alpha value is -1.84. The van der Waals surface area contributed by atoms with Gasteiger partial charge in [0, 0.05) is 12.1 Å². The summed E-state index contributed by atoms with van der Waals surface area (Å²) in [6, 6.07) is 7.23. The molecule has 0 fully saturated rings. The molecule has 0 heterocycles. The average molecular weight is 248 g/mol. The second-order valence-electron chi connectivity index (χ2n) is 4.75. The number of nitrogens with one attached hydrogen (secondary N) is 2. The van der Waals surface area contributed by atoms with Crippen LogP contribution in [0.3, 0.4) is 0 Å². The minimum Gasteiger partial charge on any atom is -0.354 e. The first-order chi connectivity index (χ1) is 8.49. The van der Waals surface area contributed by atoms with Crippen molar-refractivity contribution in [2.75, 3.05) is 13.1 Å². The van der Waals surface area contributed by atoms with Crippen molar-refractivity contribution in [2.24, 2.45) is 5.92 Å². The minimum atomic E-state index is -0.227. The van der Waals surface area contributed by atoms with Crippen LogP contribution < -0.4 is 10.6 Å². The van der Waals surface area contributed by atoms with Gasteiger partial charge in [0.15, 0.2) is 0 Å². The van der Waals surface area contributed by atoms with Gasteiger partial charge in [-0.3, -0.25) is 9.59 Å². The molecule has 0 aliphatic heterocycles. The summed E-state index contributed by atoms with van der Waals surface area (Å²) >= 11 is 0. The lowest BCUT2D eigenvalue weighted by molar-refractivity contribution is -0.120. The first kappa shape index (κ1) is 14.2. The average Bonchev–Trinajstić information content (AvgIpc) is 2.34. The van der Waals surface area contributed by atoms with E-state index in [-0.39, 0.29) is 18.4 Å². The highest BCUT2D eigenvalue weighted by molar-refractivity contribution is 5.96. The molecular weight excluding hydrogens is 228 g/mol. The van der Waals surface area contributed by atoms with Crippen LogP contribution >= 0.6 is 0 Å². The van der Waals surface area contributed by atoms with Gasteiger partial charge in [0.1, 0.15) is 0 Å². The molecule has 98 valence electrons. The van der Waals surface area contributed by atoms with Crippen LogP contribution in [0.25, 0.3) is 0 Å². The molecule has 2 N–H and O–H groups in total. The van der Waals surface area contributed by atoms with E-state index in [1.54, 1.807) is 12.1 Å². The van der Waals surface area contributed by atoms with Gasteiger partial charge in [-0.15, -0.1) is 0 Å². The van der Waals surface area contributed by atoms with E-state index in [4.69, 9.17) is 0 Å². The molecule has 0 radical (unpaired) electrons. The molecular formula is C14H20N2O2. The second-order valence-corrected chi connectivity index (χ2v) is 4.75. The molecule has 0 atom stereocenters. The number of rotatable bonds is 5. The highest BCUT2D eigenvalue weighted by Crippen LogP contribution is 2.02. The number of carbonyl (C=O) groups excluding carboxylic acids is 2. The van der Waals surface area contributed by atoms with E-state index in [0.29, 0.717) is 18.0 Å². The highest BCUT2D eigenvalue weighted by atomic mass is 16.2. The number of hydrogen-bond acceptors (Lipinski definition) is 2. The summed E-state index contributed by atoms with van der Waals surface area (Å²) in [7, 11) is 0. The molecule has 0 bridgehead atoms. The molecule has 2 amide bonds. The van der Waals surface area contributed by atoms with Gasteiger partial charge in [0.25, 0.3) is 5.91 Å². The van der Waals surface area contributed by atoms with E-state index < -0.39 is 0 Å². The Morgan fingerprint density at radius 3 is 2.28 bits per heavy atom. The van der Waals surface area contributed by atoms with Gasteiger partial charge in [0.2, 0.25) is 5.91 Å². The number of benzene rings is 1. The lowest BCUT2D eigenvalue weighted by Crippen LogP contribution is -2.38. The fourth-order valence-corrected chi connectivity index (χ4v) is 1.35. The third kappa shape index (κ3) is 4.99. The standard InChI is InChI=1S/C14H20N2O2/c1-10(2)8-15-13(17)9-16-14(18)12-6-4-11(3)5-7-12/h4-7,10H,8-9H2,1-3H3,(H,15,17)(H,16,18). The number of aryl methyl sites for hydroxylation is 1. The Morgan fingerprint density at radius 1 is 1.11 bits per heavy atom. The summed E-state index contributed by atoms with van der Waals surface area (Å²) < 4.78 is 0. The van der Waals surface area contributed by atoms with Crippen molar-refractivity contribution in [2.45, 2.75) is 20.8 Å². The summed E-state index contributed by atoms with van der Waals surface area (Å²) in [5, 5.41) is 5.34. The van der Waals surface area contributed by atoms with Crippen molar-refractivity contribution in [1.82, 2.24) is 10.6 Å². The first-order valence-corrected chi connectivity index (χ1v) is 6.10. The van der Waals surface area contributed by atoms with Crippen LogP contribution in [0.1, 0.15) is 29.8 Å². The van der Waals surface area contributed by atoms with Crippen LogP contribution in [-0.4, -0.2) is 24.9 Å². The van der Waals surface area contributed by atoms with E-state index in [1.165, 1.54) is 0 Å². The van der Waals surface area contributed by atoms with Crippen LogP contribution in [0.15, 0.2) is 24.3 Å². The minimum absolute atomic E-state index is 0.0133. The molecule has 1 aromatic carbocycles. The monoisotopic (exact) mass is 248 g/mol. The Balaban J connectivity index is 2.37. The number of carbonyl (C=O) groups is 2. The highest BCUT2D eigenvalue weighted by Gasteiger charge is 2.07. The second kappa shape index (κ2) is 6.79. The summed E-state index contributed by atoms with van der Waals surface area (Å²) in [5.74, 6) is 0.0145. The van der Waals surface area contributed by atoms with Crippen molar-refractivity contribution in [1.29, 1.82) is 0 Å². The molecule has 18 heavy (non-hydrogen) atoms. The molecule has 4 heteroatoms. The largest absolute Gasteiger partial charge is 0.354 e. The van der Waals surface area contributed by atoms with Crippen LogP contribution in [0, 0.1) is 12.8 Å². The maximum absolute atomic E-state index is 11.7. The maximum atomic E-state index is 11.7. The van der Waals surface area contributed by atoms with Gasteiger partial charge in [-0.1, -0.05) is 31.5 Å². The fourth-order valence-electron chi connectivity index (χ4n) is 1.35. The van der Waals surface area contributed by atoms with Gasteiger partial charge in [0.05, 0.1) is 6.54 Å². The van der Waals surface area contributed by atoms with Crippen LogP contribution in [-0.2, 0) is 4.79 Å². The van der Waals surface area contributed by atoms with E-state index in [1.807, 2.05) is 32.9 Å². The zero-order valence-corrected chi connectivity index (χ0v) is 11.1. The zero-order chi connectivity index (χ0) is 13.5. The van der Waals surface area contributed by atoms with Gasteiger partial charge in [-0.05, 0) is 25.0 Å². The molecule has 0 unspecified atom stereocenters. The fraction of sp³-hybridized carbons (Fsp3) is 0.429. The van der Waals surface area contributed by atoms with Gasteiger partial charge < -0.3 is 10.6 Å². The van der Waals surface area contributed by atoms with Crippen molar-refractivity contribution in [3.05, 3.63) is 35.4 Å². The third-order valence-electron chi connectivity index (χ3n) is 2.43. The van der Waals surface area contributed by atoms with Crippen molar-refractivity contribution in [3.8, 4) is 0 Å². The lowest BCUT2D eigenvalue weighted by atomic mass is 10.1. The maximum Gasteiger partial charge on any atom is 0.251 e. The number of amides is 2. The van der Waals surface area contributed by atoms with E-state index in [0.717, 1.165) is 5.56 Å². The van der Waals surface area contributed by atoms with Crippen molar-refractivity contribution in [3.63, 3.8) is 0 Å². The molecule has 0 saturated carbocycles. The Kier molecular flexibility index (Phi) is 5.36. The molecule has 1 rings (SSSR count). The molecule has 0 spiro atoms. The SMILES string of the molecule is Cc1ccc(C(=O)NCC(=O)NCC(C)C)cc1. The van der Waals surface area contributed by atoms with Crippen LogP contribution in [0.5, 0.6) is 0 Å². The molecule has 0 aromatic heterocycles. The normalized spacial score (nSPS) is 10.2. The molecule has 0 saturated heterocycles. The summed E-state index contributed by atoms with van der Waals surface area (Å²) in [5.41, 5.74) is 1.67. The molecule has 0 aliphatic carbocycles. The lowest BCUT2D eigenvalue weighted by Gasteiger charge is -2.08. The van der Waals surface area contributed by atoms with E-state index in [2.05, 4.69) is 10.6 Å².